The molecule has 7 heteroatoms. The second kappa shape index (κ2) is 5.73. The van der Waals surface area contributed by atoms with Crippen LogP contribution in [0.15, 0.2) is 41.8 Å². The van der Waals surface area contributed by atoms with Crippen LogP contribution in [0.3, 0.4) is 0 Å². The van der Waals surface area contributed by atoms with Gasteiger partial charge in [-0.2, -0.15) is 13.2 Å². The lowest BCUT2D eigenvalue weighted by Crippen LogP contribution is -2.25. The number of aliphatic hydroxyl groups is 1. The quantitative estimate of drug-likeness (QED) is 0.878. The number of aromatic nitrogens is 2. The highest BCUT2D eigenvalue weighted by Crippen LogP contribution is 2.34. The molecule has 0 radical (unpaired) electrons. The van der Waals surface area contributed by atoms with E-state index in [4.69, 9.17) is 0 Å². The number of thioether (sulfide) groups is 1. The summed E-state index contributed by atoms with van der Waals surface area (Å²) in [5, 5.41) is 11.1. The Morgan fingerprint density at radius 1 is 1.29 bits per heavy atom. The van der Waals surface area contributed by atoms with Gasteiger partial charge in [0, 0.05) is 25.2 Å². The molecule has 0 bridgehead atoms. The summed E-state index contributed by atoms with van der Waals surface area (Å²) in [5.74, 6) is 0.208. The van der Waals surface area contributed by atoms with Crippen LogP contribution in [0.4, 0.5) is 13.2 Å². The fraction of sp³-hybridized carbons (Fsp3) is 0.357. The van der Waals surface area contributed by atoms with Crippen molar-refractivity contribution >= 4 is 11.8 Å². The van der Waals surface area contributed by atoms with Crippen molar-refractivity contribution in [2.24, 2.45) is 7.05 Å². The van der Waals surface area contributed by atoms with Crippen LogP contribution in [0.25, 0.3) is 0 Å². The molecule has 3 nitrogen and oxygen atoms in total. The van der Waals surface area contributed by atoms with Crippen LogP contribution in [-0.2, 0) is 18.8 Å². The number of imidazole rings is 1. The first-order chi connectivity index (χ1) is 9.70. The van der Waals surface area contributed by atoms with Crippen LogP contribution in [0.5, 0.6) is 0 Å². The van der Waals surface area contributed by atoms with Crippen LogP contribution in [0, 0.1) is 0 Å². The van der Waals surface area contributed by atoms with Gasteiger partial charge in [0.25, 0.3) is 0 Å². The molecule has 0 amide bonds. The van der Waals surface area contributed by atoms with Crippen molar-refractivity contribution in [2.75, 3.05) is 5.75 Å². The first kappa shape index (κ1) is 15.9. The Kier molecular flexibility index (Phi) is 4.34. The van der Waals surface area contributed by atoms with Crippen LogP contribution in [-0.4, -0.2) is 20.4 Å². The van der Waals surface area contributed by atoms with Crippen molar-refractivity contribution in [3.8, 4) is 0 Å². The van der Waals surface area contributed by atoms with E-state index >= 15 is 0 Å². The lowest BCUT2D eigenvalue weighted by Gasteiger charge is -2.24. The van der Waals surface area contributed by atoms with E-state index in [0.717, 1.165) is 12.1 Å². The highest BCUT2D eigenvalue weighted by molar-refractivity contribution is 7.99. The maximum Gasteiger partial charge on any atom is 0.416 e. The Morgan fingerprint density at radius 3 is 2.52 bits per heavy atom. The molecule has 1 aromatic carbocycles. The van der Waals surface area contributed by atoms with Gasteiger partial charge in [-0.1, -0.05) is 23.9 Å². The number of hydrogen-bond donors (Lipinski definition) is 1. The third-order valence-corrected chi connectivity index (χ3v) is 4.43. The Morgan fingerprint density at radius 2 is 1.95 bits per heavy atom. The van der Waals surface area contributed by atoms with Crippen molar-refractivity contribution in [3.05, 3.63) is 47.8 Å². The van der Waals surface area contributed by atoms with Gasteiger partial charge in [0.05, 0.1) is 11.2 Å². The molecule has 1 unspecified atom stereocenters. The standard InChI is InChI=1S/C14H15F3N2OS/c1-13(20,9-21-12-18-6-7-19(12)2)10-4-3-5-11(8-10)14(15,16)17/h3-8,20H,9H2,1-2H3. The van der Waals surface area contributed by atoms with Crippen LogP contribution >= 0.6 is 11.8 Å². The van der Waals surface area contributed by atoms with E-state index in [1.165, 1.54) is 30.8 Å². The Balaban J connectivity index is 2.17. The van der Waals surface area contributed by atoms with Crippen LogP contribution < -0.4 is 0 Å². The number of aryl methyl sites for hydroxylation is 1. The summed E-state index contributed by atoms with van der Waals surface area (Å²) in [4.78, 5) is 4.10. The molecule has 114 valence electrons. The molecule has 1 aromatic heterocycles. The van der Waals surface area contributed by atoms with Crippen molar-refractivity contribution in [1.29, 1.82) is 0 Å². The van der Waals surface area contributed by atoms with Crippen molar-refractivity contribution in [3.63, 3.8) is 0 Å². The summed E-state index contributed by atoms with van der Waals surface area (Å²) in [6.07, 6.45) is -1.03. The molecule has 0 saturated carbocycles. The van der Waals surface area contributed by atoms with Crippen molar-refractivity contribution in [1.82, 2.24) is 9.55 Å². The average Bonchev–Trinajstić information content (AvgIpc) is 2.81. The van der Waals surface area contributed by atoms with Gasteiger partial charge < -0.3 is 9.67 Å². The van der Waals surface area contributed by atoms with Gasteiger partial charge in [-0.3, -0.25) is 0 Å². The zero-order valence-electron chi connectivity index (χ0n) is 11.6. The largest absolute Gasteiger partial charge is 0.416 e. The van der Waals surface area contributed by atoms with Gasteiger partial charge in [-0.05, 0) is 24.6 Å². The summed E-state index contributed by atoms with van der Waals surface area (Å²) in [5.41, 5.74) is -1.90. The van der Waals surface area contributed by atoms with E-state index in [0.29, 0.717) is 5.16 Å². The van der Waals surface area contributed by atoms with E-state index in [1.807, 2.05) is 7.05 Å². The summed E-state index contributed by atoms with van der Waals surface area (Å²) in [6.45, 7) is 1.50. The van der Waals surface area contributed by atoms with Gasteiger partial charge in [0.1, 0.15) is 0 Å². The van der Waals surface area contributed by atoms with Gasteiger partial charge >= 0.3 is 6.18 Å². The summed E-state index contributed by atoms with van der Waals surface area (Å²) in [6, 6.07) is 4.77. The summed E-state index contributed by atoms with van der Waals surface area (Å²) < 4.78 is 39.9. The topological polar surface area (TPSA) is 38.0 Å². The minimum atomic E-state index is -4.42. The predicted octanol–water partition coefficient (Wildman–Crippen LogP) is 3.44. The SMILES string of the molecule is Cn1ccnc1SCC(C)(O)c1cccc(C(F)(F)F)c1. The van der Waals surface area contributed by atoms with Gasteiger partial charge in [-0.25, -0.2) is 4.98 Å². The van der Waals surface area contributed by atoms with E-state index < -0.39 is 17.3 Å². The van der Waals surface area contributed by atoms with E-state index in [2.05, 4.69) is 4.98 Å². The summed E-state index contributed by atoms with van der Waals surface area (Å²) >= 11 is 1.29. The van der Waals surface area contributed by atoms with E-state index in [9.17, 15) is 18.3 Å². The molecule has 0 aliphatic heterocycles. The van der Waals surface area contributed by atoms with Crippen LogP contribution in [0.2, 0.25) is 0 Å². The second-order valence-corrected chi connectivity index (χ2v) is 5.90. The normalized spacial score (nSPS) is 15.0. The molecule has 0 fully saturated rings. The molecule has 1 atom stereocenters. The minimum absolute atomic E-state index is 0.208. The molecule has 2 rings (SSSR count). The monoisotopic (exact) mass is 316 g/mol. The molecule has 21 heavy (non-hydrogen) atoms. The lowest BCUT2D eigenvalue weighted by molar-refractivity contribution is -0.137. The zero-order chi connectivity index (χ0) is 15.7. The van der Waals surface area contributed by atoms with Crippen molar-refractivity contribution < 1.29 is 18.3 Å². The maximum absolute atomic E-state index is 12.7. The fourth-order valence-corrected chi connectivity index (χ4v) is 2.79. The number of hydrogen-bond acceptors (Lipinski definition) is 3. The predicted molar refractivity (Wildman–Crippen MR) is 74.9 cm³/mol. The number of rotatable bonds is 4. The van der Waals surface area contributed by atoms with E-state index in [-0.39, 0.29) is 11.3 Å². The third kappa shape index (κ3) is 3.79. The van der Waals surface area contributed by atoms with Gasteiger partial charge in [0.15, 0.2) is 5.16 Å². The minimum Gasteiger partial charge on any atom is -0.385 e. The number of alkyl halides is 3. The second-order valence-electron chi connectivity index (χ2n) is 4.96. The molecule has 0 aliphatic carbocycles. The van der Waals surface area contributed by atoms with Gasteiger partial charge in [-0.15, -0.1) is 0 Å². The summed E-state index contributed by atoms with van der Waals surface area (Å²) in [7, 11) is 1.81. The molecular formula is C14H15F3N2OS. The van der Waals surface area contributed by atoms with E-state index in [1.54, 1.807) is 17.0 Å². The average molecular weight is 316 g/mol. The zero-order valence-corrected chi connectivity index (χ0v) is 12.4. The molecule has 2 aromatic rings. The number of benzene rings is 1. The molecule has 0 spiro atoms. The van der Waals surface area contributed by atoms with Crippen molar-refractivity contribution in [2.45, 2.75) is 23.9 Å². The number of halogens is 3. The highest BCUT2D eigenvalue weighted by atomic mass is 32.2. The fourth-order valence-electron chi connectivity index (χ4n) is 1.81. The first-order valence-electron chi connectivity index (χ1n) is 6.20. The Labute approximate surface area is 124 Å². The third-order valence-electron chi connectivity index (χ3n) is 3.07. The Bertz CT molecular complexity index is 623. The van der Waals surface area contributed by atoms with Crippen LogP contribution in [0.1, 0.15) is 18.1 Å². The maximum atomic E-state index is 12.7. The molecular weight excluding hydrogens is 301 g/mol. The smallest absolute Gasteiger partial charge is 0.385 e. The Hall–Kier alpha value is -1.47. The highest BCUT2D eigenvalue weighted by Gasteiger charge is 2.33. The first-order valence-corrected chi connectivity index (χ1v) is 7.19. The molecule has 1 heterocycles. The molecule has 1 N–H and O–H groups in total. The molecule has 0 aliphatic rings. The number of nitrogens with zero attached hydrogens (tertiary/aromatic N) is 2. The van der Waals surface area contributed by atoms with Gasteiger partial charge in [0.2, 0.25) is 0 Å². The lowest BCUT2D eigenvalue weighted by atomic mass is 9.96. The molecule has 0 saturated heterocycles.